The van der Waals surface area contributed by atoms with E-state index in [1.165, 1.54) is 11.3 Å². The van der Waals surface area contributed by atoms with Crippen molar-refractivity contribution in [1.29, 1.82) is 0 Å². The van der Waals surface area contributed by atoms with Crippen molar-refractivity contribution in [2.75, 3.05) is 19.5 Å². The third-order valence-corrected chi connectivity index (χ3v) is 2.18. The largest absolute Gasteiger partial charge is 0.389 e. The van der Waals surface area contributed by atoms with Crippen molar-refractivity contribution < 1.29 is 4.74 Å². The van der Waals surface area contributed by atoms with Gasteiger partial charge in [0.05, 0.1) is 17.8 Å². The van der Waals surface area contributed by atoms with Crippen molar-refractivity contribution in [3.8, 4) is 0 Å². The van der Waals surface area contributed by atoms with Gasteiger partial charge in [-0.05, 0) is 0 Å². The van der Waals surface area contributed by atoms with E-state index in [2.05, 4.69) is 11.9 Å². The zero-order valence-electron chi connectivity index (χ0n) is 6.70. The number of nitrogen functional groups attached to an aromatic ring is 1. The molecule has 0 radical (unpaired) electrons. The number of thiazole rings is 1. The molecule has 0 aliphatic rings. The van der Waals surface area contributed by atoms with Crippen molar-refractivity contribution in [3.05, 3.63) is 11.2 Å². The second kappa shape index (κ2) is 3.69. The molecule has 1 heterocycles. The Hall–Kier alpha value is -0.610. The first-order chi connectivity index (χ1) is 5.25. The molecule has 1 atom stereocenters. The van der Waals surface area contributed by atoms with E-state index >= 15 is 0 Å². The molecular formula is C7H12N2OS. The highest BCUT2D eigenvalue weighted by Gasteiger charge is 2.10. The summed E-state index contributed by atoms with van der Waals surface area (Å²) in [4.78, 5) is 4.15. The van der Waals surface area contributed by atoms with E-state index in [1.54, 1.807) is 12.6 Å². The Bertz CT molecular complexity index is 224. The standard InChI is InChI=1S/C7H12N2OS/c1-5(3-10-2)6-7(8)11-4-9-6/h4-5H,3,8H2,1-2H3. The third kappa shape index (κ3) is 1.91. The van der Waals surface area contributed by atoms with E-state index < -0.39 is 0 Å². The highest BCUT2D eigenvalue weighted by molar-refractivity contribution is 7.13. The predicted molar refractivity (Wildman–Crippen MR) is 46.8 cm³/mol. The zero-order valence-corrected chi connectivity index (χ0v) is 7.52. The number of methoxy groups -OCH3 is 1. The molecule has 0 amide bonds. The van der Waals surface area contributed by atoms with Crippen LogP contribution in [0.2, 0.25) is 0 Å². The van der Waals surface area contributed by atoms with Gasteiger partial charge >= 0.3 is 0 Å². The second-order valence-corrected chi connectivity index (χ2v) is 3.34. The van der Waals surface area contributed by atoms with Gasteiger partial charge in [-0.25, -0.2) is 4.98 Å². The molecule has 0 saturated carbocycles. The van der Waals surface area contributed by atoms with Crippen LogP contribution >= 0.6 is 11.3 Å². The topological polar surface area (TPSA) is 48.1 Å². The molecule has 0 bridgehead atoms. The number of hydrogen-bond donors (Lipinski definition) is 1. The number of aromatic nitrogens is 1. The minimum Gasteiger partial charge on any atom is -0.389 e. The van der Waals surface area contributed by atoms with Crippen LogP contribution in [0.5, 0.6) is 0 Å². The van der Waals surface area contributed by atoms with Crippen molar-refractivity contribution >= 4 is 16.3 Å². The van der Waals surface area contributed by atoms with E-state index in [0.29, 0.717) is 12.5 Å². The van der Waals surface area contributed by atoms with Gasteiger partial charge in [0.15, 0.2) is 0 Å². The van der Waals surface area contributed by atoms with Crippen LogP contribution in [-0.2, 0) is 4.74 Å². The predicted octanol–water partition coefficient (Wildman–Crippen LogP) is 1.48. The lowest BCUT2D eigenvalue weighted by Gasteiger charge is -2.06. The van der Waals surface area contributed by atoms with Gasteiger partial charge in [-0.3, -0.25) is 0 Å². The van der Waals surface area contributed by atoms with Gasteiger partial charge in [0, 0.05) is 13.0 Å². The first kappa shape index (κ1) is 8.49. The molecule has 1 rings (SSSR count). The molecule has 1 aromatic heterocycles. The summed E-state index contributed by atoms with van der Waals surface area (Å²) < 4.78 is 4.99. The molecule has 1 aromatic rings. The van der Waals surface area contributed by atoms with Crippen LogP contribution in [0, 0.1) is 0 Å². The molecule has 0 saturated heterocycles. The summed E-state index contributed by atoms with van der Waals surface area (Å²) in [5, 5.41) is 0.801. The zero-order chi connectivity index (χ0) is 8.27. The maximum atomic E-state index is 5.67. The Morgan fingerprint density at radius 1 is 1.82 bits per heavy atom. The van der Waals surface area contributed by atoms with Crippen LogP contribution in [0.15, 0.2) is 5.51 Å². The molecule has 1 unspecified atom stereocenters. The van der Waals surface area contributed by atoms with E-state index in [-0.39, 0.29) is 0 Å². The molecule has 4 heteroatoms. The molecule has 62 valence electrons. The molecule has 0 aliphatic carbocycles. The van der Waals surface area contributed by atoms with Crippen LogP contribution in [0.1, 0.15) is 18.5 Å². The summed E-state index contributed by atoms with van der Waals surface area (Å²) in [6.07, 6.45) is 0. The first-order valence-corrected chi connectivity index (χ1v) is 4.31. The van der Waals surface area contributed by atoms with Crippen LogP contribution < -0.4 is 5.73 Å². The quantitative estimate of drug-likeness (QED) is 0.751. The SMILES string of the molecule is COCC(C)c1ncsc1N. The Labute approximate surface area is 70.2 Å². The smallest absolute Gasteiger partial charge is 0.109 e. The summed E-state index contributed by atoms with van der Waals surface area (Å²) in [5.74, 6) is 0.297. The summed E-state index contributed by atoms with van der Waals surface area (Å²) in [6, 6.07) is 0. The van der Waals surface area contributed by atoms with E-state index in [9.17, 15) is 0 Å². The second-order valence-electron chi connectivity index (χ2n) is 2.46. The maximum absolute atomic E-state index is 5.67. The first-order valence-electron chi connectivity index (χ1n) is 3.43. The van der Waals surface area contributed by atoms with Crippen LogP contribution in [0.4, 0.5) is 5.00 Å². The fraction of sp³-hybridized carbons (Fsp3) is 0.571. The molecule has 3 nitrogen and oxygen atoms in total. The minimum atomic E-state index is 0.297. The molecule has 2 N–H and O–H groups in total. The molecule has 0 spiro atoms. The average Bonchev–Trinajstić information content (AvgIpc) is 2.36. The van der Waals surface area contributed by atoms with Crippen molar-refractivity contribution in [2.45, 2.75) is 12.8 Å². The van der Waals surface area contributed by atoms with Crippen molar-refractivity contribution in [1.82, 2.24) is 4.98 Å². The number of hydrogen-bond acceptors (Lipinski definition) is 4. The van der Waals surface area contributed by atoms with Gasteiger partial charge in [-0.2, -0.15) is 0 Å². The van der Waals surface area contributed by atoms with Gasteiger partial charge in [0.2, 0.25) is 0 Å². The number of anilines is 1. The van der Waals surface area contributed by atoms with Gasteiger partial charge in [0.25, 0.3) is 0 Å². The van der Waals surface area contributed by atoms with Crippen LogP contribution in [-0.4, -0.2) is 18.7 Å². The summed E-state index contributed by atoms with van der Waals surface area (Å²) >= 11 is 1.47. The lowest BCUT2D eigenvalue weighted by molar-refractivity contribution is 0.183. The summed E-state index contributed by atoms with van der Waals surface area (Å²) in [7, 11) is 1.68. The fourth-order valence-corrected chi connectivity index (χ4v) is 1.62. The van der Waals surface area contributed by atoms with Crippen LogP contribution in [0.3, 0.4) is 0 Å². The number of nitrogens with two attached hydrogens (primary N) is 1. The van der Waals surface area contributed by atoms with Crippen molar-refractivity contribution in [3.63, 3.8) is 0 Å². The number of nitrogens with zero attached hydrogens (tertiary/aromatic N) is 1. The summed E-state index contributed by atoms with van der Waals surface area (Å²) in [5.41, 5.74) is 8.39. The van der Waals surface area contributed by atoms with E-state index in [1.807, 2.05) is 0 Å². The monoisotopic (exact) mass is 172 g/mol. The number of rotatable bonds is 3. The highest BCUT2D eigenvalue weighted by Crippen LogP contribution is 2.23. The minimum absolute atomic E-state index is 0.297. The van der Waals surface area contributed by atoms with Crippen molar-refractivity contribution in [2.24, 2.45) is 0 Å². The van der Waals surface area contributed by atoms with Gasteiger partial charge in [0.1, 0.15) is 5.00 Å². The average molecular weight is 172 g/mol. The molecule has 0 fully saturated rings. The Morgan fingerprint density at radius 3 is 3.00 bits per heavy atom. The Morgan fingerprint density at radius 2 is 2.55 bits per heavy atom. The van der Waals surface area contributed by atoms with Gasteiger partial charge < -0.3 is 10.5 Å². The molecule has 0 aliphatic heterocycles. The fourth-order valence-electron chi connectivity index (χ4n) is 0.963. The molecule has 11 heavy (non-hydrogen) atoms. The maximum Gasteiger partial charge on any atom is 0.109 e. The molecular weight excluding hydrogens is 160 g/mol. The van der Waals surface area contributed by atoms with Crippen LogP contribution in [0.25, 0.3) is 0 Å². The van der Waals surface area contributed by atoms with E-state index in [4.69, 9.17) is 10.5 Å². The Kier molecular flexibility index (Phi) is 2.84. The lowest BCUT2D eigenvalue weighted by Crippen LogP contribution is -2.04. The highest BCUT2D eigenvalue weighted by atomic mass is 32.1. The number of ether oxygens (including phenoxy) is 1. The van der Waals surface area contributed by atoms with Gasteiger partial charge in [-0.15, -0.1) is 11.3 Å². The van der Waals surface area contributed by atoms with Gasteiger partial charge in [-0.1, -0.05) is 6.92 Å². The van der Waals surface area contributed by atoms with E-state index in [0.717, 1.165) is 10.7 Å². The summed E-state index contributed by atoms with van der Waals surface area (Å²) in [6.45, 7) is 2.73. The normalized spacial score (nSPS) is 13.3. The third-order valence-electron chi connectivity index (χ3n) is 1.51. The Balaban J connectivity index is 2.67. The lowest BCUT2D eigenvalue weighted by atomic mass is 10.1. The molecule has 0 aromatic carbocycles.